The molecule has 1 aromatic heterocycles. The summed E-state index contributed by atoms with van der Waals surface area (Å²) in [5.41, 5.74) is 2.13. The summed E-state index contributed by atoms with van der Waals surface area (Å²) in [4.78, 5) is 17.2. The predicted octanol–water partition coefficient (Wildman–Crippen LogP) is 3.66. The Morgan fingerprint density at radius 2 is 1.89 bits per heavy atom. The summed E-state index contributed by atoms with van der Waals surface area (Å²) in [6.07, 6.45) is 0.773. The first-order chi connectivity index (χ1) is 8.95. The Morgan fingerprint density at radius 3 is 2.42 bits per heavy atom. The third-order valence-corrected chi connectivity index (χ3v) is 3.50. The second kappa shape index (κ2) is 5.16. The van der Waals surface area contributed by atoms with Crippen molar-refractivity contribution in [1.82, 2.24) is 9.55 Å². The molecule has 0 radical (unpaired) electrons. The molecule has 0 bridgehead atoms. The van der Waals surface area contributed by atoms with Gasteiger partial charge in [0.15, 0.2) is 0 Å². The second-order valence-electron chi connectivity index (χ2n) is 5.58. The van der Waals surface area contributed by atoms with Gasteiger partial charge in [0.25, 0.3) is 5.56 Å². The molecule has 2 rings (SSSR count). The van der Waals surface area contributed by atoms with E-state index in [-0.39, 0.29) is 11.6 Å². The Morgan fingerprint density at radius 1 is 1.21 bits per heavy atom. The molecule has 102 valence electrons. The van der Waals surface area contributed by atoms with Crippen LogP contribution in [0.2, 0.25) is 0 Å². The van der Waals surface area contributed by atoms with Gasteiger partial charge in [-0.3, -0.25) is 9.36 Å². The Bertz CT molecular complexity index is 654. The van der Waals surface area contributed by atoms with Gasteiger partial charge in [-0.15, -0.1) is 0 Å². The summed E-state index contributed by atoms with van der Waals surface area (Å²) in [6.45, 7) is 10.4. The fourth-order valence-corrected chi connectivity index (χ4v) is 2.40. The highest BCUT2D eigenvalue weighted by Crippen LogP contribution is 2.19. The zero-order valence-electron chi connectivity index (χ0n) is 12.4. The van der Waals surface area contributed by atoms with Crippen LogP contribution in [0.5, 0.6) is 0 Å². The molecule has 0 spiro atoms. The highest BCUT2D eigenvalue weighted by Gasteiger charge is 2.13. The number of benzene rings is 1. The van der Waals surface area contributed by atoms with Crippen molar-refractivity contribution in [3.8, 4) is 0 Å². The standard InChI is InChI=1S/C16H22N2O/c1-6-15-17-14-9-12(10(2)3)7-8-13(14)16(19)18(15)11(4)5/h7-11H,6H2,1-5H3. The van der Waals surface area contributed by atoms with Gasteiger partial charge < -0.3 is 0 Å². The Hall–Kier alpha value is -1.64. The van der Waals surface area contributed by atoms with Crippen LogP contribution in [-0.2, 0) is 6.42 Å². The van der Waals surface area contributed by atoms with E-state index in [0.717, 1.165) is 23.1 Å². The third-order valence-electron chi connectivity index (χ3n) is 3.50. The van der Waals surface area contributed by atoms with Crippen LogP contribution in [0, 0.1) is 0 Å². The molecule has 1 aromatic carbocycles. The Balaban J connectivity index is 2.79. The molecule has 0 aliphatic rings. The first-order valence-corrected chi connectivity index (χ1v) is 7.00. The number of hydrogen-bond donors (Lipinski definition) is 0. The summed E-state index contributed by atoms with van der Waals surface area (Å²) in [5.74, 6) is 1.32. The number of hydrogen-bond acceptors (Lipinski definition) is 2. The van der Waals surface area contributed by atoms with E-state index in [1.165, 1.54) is 5.56 Å². The van der Waals surface area contributed by atoms with E-state index in [0.29, 0.717) is 5.92 Å². The van der Waals surface area contributed by atoms with Crippen molar-refractivity contribution >= 4 is 10.9 Å². The summed E-state index contributed by atoms with van der Waals surface area (Å²) in [6, 6.07) is 6.14. The molecule has 0 atom stereocenters. The van der Waals surface area contributed by atoms with Crippen LogP contribution in [0.3, 0.4) is 0 Å². The molecule has 0 N–H and O–H groups in total. The molecular formula is C16H22N2O. The van der Waals surface area contributed by atoms with Gasteiger partial charge in [0.1, 0.15) is 5.82 Å². The lowest BCUT2D eigenvalue weighted by molar-refractivity contribution is 0.543. The van der Waals surface area contributed by atoms with Gasteiger partial charge in [-0.2, -0.15) is 0 Å². The fraction of sp³-hybridized carbons (Fsp3) is 0.500. The molecule has 0 saturated heterocycles. The number of fused-ring (bicyclic) bond motifs is 1. The van der Waals surface area contributed by atoms with Crippen molar-refractivity contribution in [2.75, 3.05) is 0 Å². The average Bonchev–Trinajstić information content (AvgIpc) is 2.37. The van der Waals surface area contributed by atoms with Gasteiger partial charge in [0.05, 0.1) is 10.9 Å². The van der Waals surface area contributed by atoms with E-state index in [1.807, 2.05) is 39.0 Å². The topological polar surface area (TPSA) is 34.9 Å². The maximum Gasteiger partial charge on any atom is 0.261 e. The van der Waals surface area contributed by atoms with Crippen molar-refractivity contribution in [1.29, 1.82) is 0 Å². The molecule has 0 fully saturated rings. The number of aryl methyl sites for hydroxylation is 1. The lowest BCUT2D eigenvalue weighted by Gasteiger charge is -2.16. The van der Waals surface area contributed by atoms with E-state index >= 15 is 0 Å². The quantitative estimate of drug-likeness (QED) is 0.842. The van der Waals surface area contributed by atoms with Gasteiger partial charge in [0, 0.05) is 12.5 Å². The van der Waals surface area contributed by atoms with Gasteiger partial charge >= 0.3 is 0 Å². The van der Waals surface area contributed by atoms with Crippen LogP contribution in [-0.4, -0.2) is 9.55 Å². The number of aromatic nitrogens is 2. The molecule has 3 nitrogen and oxygen atoms in total. The van der Waals surface area contributed by atoms with E-state index in [2.05, 4.69) is 18.8 Å². The van der Waals surface area contributed by atoms with Gasteiger partial charge in [-0.1, -0.05) is 26.8 Å². The minimum Gasteiger partial charge on any atom is -0.294 e. The lowest BCUT2D eigenvalue weighted by Crippen LogP contribution is -2.26. The normalized spacial score (nSPS) is 11.7. The summed E-state index contributed by atoms with van der Waals surface area (Å²) < 4.78 is 1.80. The highest BCUT2D eigenvalue weighted by atomic mass is 16.1. The van der Waals surface area contributed by atoms with Crippen LogP contribution in [0.25, 0.3) is 10.9 Å². The van der Waals surface area contributed by atoms with E-state index in [9.17, 15) is 4.79 Å². The Kier molecular flexibility index (Phi) is 3.74. The molecule has 0 aliphatic carbocycles. The molecule has 19 heavy (non-hydrogen) atoms. The molecular weight excluding hydrogens is 236 g/mol. The highest BCUT2D eigenvalue weighted by molar-refractivity contribution is 5.78. The van der Waals surface area contributed by atoms with Crippen LogP contribution in [0.4, 0.5) is 0 Å². The van der Waals surface area contributed by atoms with Crippen LogP contribution < -0.4 is 5.56 Å². The van der Waals surface area contributed by atoms with Gasteiger partial charge in [-0.25, -0.2) is 4.98 Å². The van der Waals surface area contributed by atoms with E-state index in [1.54, 1.807) is 4.57 Å². The van der Waals surface area contributed by atoms with Crippen LogP contribution >= 0.6 is 0 Å². The maximum absolute atomic E-state index is 12.6. The number of rotatable bonds is 3. The summed E-state index contributed by atoms with van der Waals surface area (Å²) in [5, 5.41) is 0.718. The molecule has 1 heterocycles. The molecule has 0 amide bonds. The molecule has 0 saturated carbocycles. The van der Waals surface area contributed by atoms with E-state index in [4.69, 9.17) is 0 Å². The predicted molar refractivity (Wildman–Crippen MR) is 79.9 cm³/mol. The molecule has 2 aromatic rings. The van der Waals surface area contributed by atoms with E-state index < -0.39 is 0 Å². The fourth-order valence-electron chi connectivity index (χ4n) is 2.40. The summed E-state index contributed by atoms with van der Waals surface area (Å²) >= 11 is 0. The minimum atomic E-state index is 0.0761. The van der Waals surface area contributed by atoms with Crippen molar-refractivity contribution < 1.29 is 0 Å². The third kappa shape index (κ3) is 2.42. The molecule has 0 unspecified atom stereocenters. The van der Waals surface area contributed by atoms with Gasteiger partial charge in [-0.05, 0) is 37.5 Å². The van der Waals surface area contributed by atoms with Gasteiger partial charge in [0.2, 0.25) is 0 Å². The van der Waals surface area contributed by atoms with Crippen molar-refractivity contribution in [2.45, 2.75) is 53.0 Å². The zero-order chi connectivity index (χ0) is 14.2. The van der Waals surface area contributed by atoms with Crippen molar-refractivity contribution in [3.05, 3.63) is 39.9 Å². The Labute approximate surface area is 114 Å². The average molecular weight is 258 g/mol. The van der Waals surface area contributed by atoms with Crippen LogP contribution in [0.1, 0.15) is 58.0 Å². The number of nitrogens with zero attached hydrogens (tertiary/aromatic N) is 2. The summed E-state index contributed by atoms with van der Waals surface area (Å²) in [7, 11) is 0. The maximum atomic E-state index is 12.6. The molecule has 0 aliphatic heterocycles. The molecule has 3 heteroatoms. The van der Waals surface area contributed by atoms with Crippen molar-refractivity contribution in [2.24, 2.45) is 0 Å². The van der Waals surface area contributed by atoms with Crippen LogP contribution in [0.15, 0.2) is 23.0 Å². The first-order valence-electron chi connectivity index (χ1n) is 7.00. The van der Waals surface area contributed by atoms with Crippen molar-refractivity contribution in [3.63, 3.8) is 0 Å². The zero-order valence-corrected chi connectivity index (χ0v) is 12.4. The lowest BCUT2D eigenvalue weighted by atomic mass is 10.0. The smallest absolute Gasteiger partial charge is 0.261 e. The minimum absolute atomic E-state index is 0.0761. The largest absolute Gasteiger partial charge is 0.294 e. The monoisotopic (exact) mass is 258 g/mol. The second-order valence-corrected chi connectivity index (χ2v) is 5.58. The first kappa shape index (κ1) is 13.8. The SMILES string of the molecule is CCc1nc2cc(C(C)C)ccc2c(=O)n1C(C)C.